The van der Waals surface area contributed by atoms with E-state index in [0.29, 0.717) is 25.2 Å². The first kappa shape index (κ1) is 14.5. The molecule has 0 spiro atoms. The number of nitrogens with zero attached hydrogens (tertiary/aromatic N) is 3. The Kier molecular flexibility index (Phi) is 4.27. The average molecular weight is 287 g/mol. The van der Waals surface area contributed by atoms with Crippen molar-refractivity contribution in [3.05, 3.63) is 18.0 Å². The van der Waals surface area contributed by atoms with Crippen molar-refractivity contribution in [3.63, 3.8) is 0 Å². The zero-order valence-electron chi connectivity index (χ0n) is 11.4. The molecule has 0 aromatic carbocycles. The first-order chi connectivity index (χ1) is 8.86. The molecule has 1 aliphatic heterocycles. The standard InChI is InChI=1S/C12H21N3O3S/c1-14-7-5-11(13-14)12(16)8-10-4-3-6-15(9-10)19(2,17)18/h5,7,10,12,16H,3-4,6,8-9H2,1-2H3. The molecule has 0 saturated carbocycles. The SMILES string of the molecule is Cn1ccc(C(O)CC2CCCN(S(C)(=O)=O)C2)n1. The molecule has 108 valence electrons. The molecule has 1 aromatic heterocycles. The van der Waals surface area contributed by atoms with Crippen LogP contribution in [0.4, 0.5) is 0 Å². The number of piperidine rings is 1. The highest BCUT2D eigenvalue weighted by Gasteiger charge is 2.28. The van der Waals surface area contributed by atoms with E-state index >= 15 is 0 Å². The van der Waals surface area contributed by atoms with Crippen LogP contribution in [0.5, 0.6) is 0 Å². The fourth-order valence-electron chi connectivity index (χ4n) is 2.57. The first-order valence-corrected chi connectivity index (χ1v) is 8.34. The lowest BCUT2D eigenvalue weighted by atomic mass is 9.92. The maximum atomic E-state index is 11.5. The van der Waals surface area contributed by atoms with Crippen molar-refractivity contribution in [2.75, 3.05) is 19.3 Å². The van der Waals surface area contributed by atoms with E-state index in [0.717, 1.165) is 12.8 Å². The molecule has 2 rings (SSSR count). The zero-order chi connectivity index (χ0) is 14.0. The van der Waals surface area contributed by atoms with Crippen LogP contribution in [0, 0.1) is 5.92 Å². The van der Waals surface area contributed by atoms with Gasteiger partial charge in [0.15, 0.2) is 0 Å². The highest BCUT2D eigenvalue weighted by molar-refractivity contribution is 7.88. The van der Waals surface area contributed by atoms with Gasteiger partial charge in [0.25, 0.3) is 0 Å². The third kappa shape index (κ3) is 3.77. The van der Waals surface area contributed by atoms with Crippen molar-refractivity contribution in [1.29, 1.82) is 0 Å². The predicted molar refractivity (Wildman–Crippen MR) is 71.9 cm³/mol. The third-order valence-electron chi connectivity index (χ3n) is 3.58. The van der Waals surface area contributed by atoms with Crippen molar-refractivity contribution in [2.45, 2.75) is 25.4 Å². The Bertz CT molecular complexity index is 526. The third-order valence-corrected chi connectivity index (χ3v) is 4.85. The van der Waals surface area contributed by atoms with E-state index in [1.165, 1.54) is 10.6 Å². The van der Waals surface area contributed by atoms with Crippen molar-refractivity contribution in [1.82, 2.24) is 14.1 Å². The van der Waals surface area contributed by atoms with Crippen LogP contribution in [-0.4, -0.2) is 47.0 Å². The van der Waals surface area contributed by atoms with E-state index in [2.05, 4.69) is 5.10 Å². The summed E-state index contributed by atoms with van der Waals surface area (Å²) in [7, 11) is -1.32. The Morgan fingerprint density at radius 2 is 2.32 bits per heavy atom. The van der Waals surface area contributed by atoms with Gasteiger partial charge in [-0.25, -0.2) is 12.7 Å². The molecule has 1 saturated heterocycles. The fourth-order valence-corrected chi connectivity index (χ4v) is 3.51. The van der Waals surface area contributed by atoms with E-state index in [9.17, 15) is 13.5 Å². The van der Waals surface area contributed by atoms with Crippen LogP contribution in [0.3, 0.4) is 0 Å². The van der Waals surface area contributed by atoms with Gasteiger partial charge in [0.2, 0.25) is 10.0 Å². The second kappa shape index (κ2) is 5.60. The molecule has 0 radical (unpaired) electrons. The summed E-state index contributed by atoms with van der Waals surface area (Å²) in [6.07, 6.45) is 4.78. The van der Waals surface area contributed by atoms with Gasteiger partial charge in [-0.1, -0.05) is 0 Å². The lowest BCUT2D eigenvalue weighted by molar-refractivity contribution is 0.119. The summed E-state index contributed by atoms with van der Waals surface area (Å²) >= 11 is 0. The molecule has 7 heteroatoms. The second-order valence-corrected chi connectivity index (χ2v) is 7.28. The Morgan fingerprint density at radius 1 is 1.58 bits per heavy atom. The smallest absolute Gasteiger partial charge is 0.211 e. The molecular weight excluding hydrogens is 266 g/mol. The van der Waals surface area contributed by atoms with Crippen LogP contribution >= 0.6 is 0 Å². The summed E-state index contributed by atoms with van der Waals surface area (Å²) in [5.41, 5.74) is 0.652. The van der Waals surface area contributed by atoms with Crippen LogP contribution in [0.15, 0.2) is 12.3 Å². The van der Waals surface area contributed by atoms with Crippen LogP contribution in [0.1, 0.15) is 31.1 Å². The van der Waals surface area contributed by atoms with Gasteiger partial charge in [-0.3, -0.25) is 4.68 Å². The lowest BCUT2D eigenvalue weighted by Gasteiger charge is -2.31. The van der Waals surface area contributed by atoms with Crippen molar-refractivity contribution >= 4 is 10.0 Å². The highest BCUT2D eigenvalue weighted by Crippen LogP contribution is 2.27. The van der Waals surface area contributed by atoms with E-state index < -0.39 is 16.1 Å². The van der Waals surface area contributed by atoms with Crippen LogP contribution in [0.2, 0.25) is 0 Å². The number of aromatic nitrogens is 2. The number of hydrogen-bond acceptors (Lipinski definition) is 4. The quantitative estimate of drug-likeness (QED) is 0.876. The second-order valence-electron chi connectivity index (χ2n) is 5.30. The topological polar surface area (TPSA) is 75.4 Å². The monoisotopic (exact) mass is 287 g/mol. The summed E-state index contributed by atoms with van der Waals surface area (Å²) in [5, 5.41) is 14.3. The lowest BCUT2D eigenvalue weighted by Crippen LogP contribution is -2.39. The first-order valence-electron chi connectivity index (χ1n) is 6.49. The van der Waals surface area contributed by atoms with Gasteiger partial charge < -0.3 is 5.11 Å². The van der Waals surface area contributed by atoms with E-state index in [4.69, 9.17) is 0 Å². The minimum Gasteiger partial charge on any atom is -0.387 e. The molecule has 2 atom stereocenters. The maximum absolute atomic E-state index is 11.5. The number of rotatable bonds is 4. The average Bonchev–Trinajstić information content (AvgIpc) is 2.75. The number of sulfonamides is 1. The Balaban J connectivity index is 1.95. The summed E-state index contributed by atoms with van der Waals surface area (Å²) in [6.45, 7) is 1.09. The van der Waals surface area contributed by atoms with Gasteiger partial charge in [-0.05, 0) is 31.2 Å². The Morgan fingerprint density at radius 3 is 2.89 bits per heavy atom. The van der Waals surface area contributed by atoms with Crippen LogP contribution < -0.4 is 0 Å². The van der Waals surface area contributed by atoms with Crippen LogP contribution in [0.25, 0.3) is 0 Å². The molecule has 6 nitrogen and oxygen atoms in total. The molecule has 1 aliphatic rings. The van der Waals surface area contributed by atoms with Gasteiger partial charge in [-0.15, -0.1) is 0 Å². The van der Waals surface area contributed by atoms with Crippen molar-refractivity contribution in [2.24, 2.45) is 13.0 Å². The largest absolute Gasteiger partial charge is 0.387 e. The van der Waals surface area contributed by atoms with E-state index in [1.54, 1.807) is 16.9 Å². The number of aliphatic hydroxyl groups is 1. The normalized spacial score (nSPS) is 23.4. The van der Waals surface area contributed by atoms with Crippen molar-refractivity contribution < 1.29 is 13.5 Å². The van der Waals surface area contributed by atoms with Gasteiger partial charge in [0.05, 0.1) is 18.1 Å². The molecule has 0 aliphatic carbocycles. The van der Waals surface area contributed by atoms with E-state index in [1.807, 2.05) is 7.05 Å². The molecular formula is C12H21N3O3S. The van der Waals surface area contributed by atoms with Gasteiger partial charge in [-0.2, -0.15) is 5.10 Å². The zero-order valence-corrected chi connectivity index (χ0v) is 12.2. The fraction of sp³-hybridized carbons (Fsp3) is 0.750. The molecule has 19 heavy (non-hydrogen) atoms. The molecule has 1 aromatic rings. The van der Waals surface area contributed by atoms with E-state index in [-0.39, 0.29) is 5.92 Å². The molecule has 2 heterocycles. The summed E-state index contributed by atoms with van der Waals surface area (Å²) < 4.78 is 26.2. The molecule has 1 fully saturated rings. The Labute approximate surface area is 114 Å². The summed E-state index contributed by atoms with van der Waals surface area (Å²) in [6, 6.07) is 1.79. The van der Waals surface area contributed by atoms with Crippen molar-refractivity contribution in [3.8, 4) is 0 Å². The summed E-state index contributed by atoms with van der Waals surface area (Å²) in [5.74, 6) is 0.195. The predicted octanol–water partition coefficient (Wildman–Crippen LogP) is 0.515. The van der Waals surface area contributed by atoms with Gasteiger partial charge >= 0.3 is 0 Å². The summed E-state index contributed by atoms with van der Waals surface area (Å²) in [4.78, 5) is 0. The number of hydrogen-bond donors (Lipinski definition) is 1. The van der Waals surface area contributed by atoms with Crippen LogP contribution in [-0.2, 0) is 17.1 Å². The maximum Gasteiger partial charge on any atom is 0.211 e. The molecule has 2 unspecified atom stereocenters. The highest BCUT2D eigenvalue weighted by atomic mass is 32.2. The number of aliphatic hydroxyl groups excluding tert-OH is 1. The molecule has 0 amide bonds. The van der Waals surface area contributed by atoms with Gasteiger partial charge in [0.1, 0.15) is 0 Å². The number of aryl methyl sites for hydroxylation is 1. The minimum atomic E-state index is -3.12. The Hall–Kier alpha value is -0.920. The minimum absolute atomic E-state index is 0.195. The van der Waals surface area contributed by atoms with Gasteiger partial charge in [0, 0.05) is 26.3 Å². The molecule has 0 bridgehead atoms. The molecule has 1 N–H and O–H groups in total.